The van der Waals surface area contributed by atoms with E-state index in [0.717, 1.165) is 18.4 Å². The second-order valence-electron chi connectivity index (χ2n) is 7.96. The monoisotopic (exact) mass is 494 g/mol. The molecule has 36 heavy (non-hydrogen) atoms. The summed E-state index contributed by atoms with van der Waals surface area (Å²) in [4.78, 5) is 45.5. The van der Waals surface area contributed by atoms with Crippen molar-refractivity contribution < 1.29 is 14.4 Å². The molecule has 190 valence electrons. The van der Waals surface area contributed by atoms with E-state index in [9.17, 15) is 14.4 Å². The lowest BCUT2D eigenvalue weighted by atomic mass is 10.0. The molecule has 0 unspecified atom stereocenters. The minimum atomic E-state index is -0.718. The number of rotatable bonds is 15. The number of nitrogens with zero attached hydrogens (tertiary/aromatic N) is 5. The van der Waals surface area contributed by atoms with Crippen LogP contribution in [0.2, 0.25) is 0 Å². The summed E-state index contributed by atoms with van der Waals surface area (Å²) in [6, 6.07) is 10.5. The fraction of sp³-hybridized carbons (Fsp3) is 0.391. The number of anilines is 2. The first-order valence-electron chi connectivity index (χ1n) is 11.8. The molecule has 2 aromatic heterocycles. The number of aromatic amines is 1. The molecule has 3 rings (SSSR count). The predicted octanol–water partition coefficient (Wildman–Crippen LogP) is 0.835. The van der Waals surface area contributed by atoms with Gasteiger partial charge in [0, 0.05) is 44.7 Å². The van der Waals surface area contributed by atoms with Crippen molar-refractivity contribution in [1.82, 2.24) is 41.2 Å². The van der Waals surface area contributed by atoms with Crippen LogP contribution < -0.4 is 21.3 Å². The topological polar surface area (TPSA) is 180 Å². The second-order valence-corrected chi connectivity index (χ2v) is 7.96. The molecule has 0 saturated carbocycles. The van der Waals surface area contributed by atoms with Crippen LogP contribution in [0.1, 0.15) is 37.7 Å². The largest absolute Gasteiger partial charge is 0.354 e. The van der Waals surface area contributed by atoms with Crippen LogP contribution in [-0.4, -0.2) is 67.4 Å². The third-order valence-electron chi connectivity index (χ3n) is 5.10. The molecule has 1 atom stereocenters. The smallest absolute Gasteiger partial charge is 0.246 e. The second kappa shape index (κ2) is 14.8. The molecule has 1 aromatic carbocycles. The van der Waals surface area contributed by atoms with Gasteiger partial charge in [0.2, 0.25) is 29.6 Å². The summed E-state index contributed by atoms with van der Waals surface area (Å²) in [6.07, 6.45) is 5.82. The zero-order valence-electron chi connectivity index (χ0n) is 19.8. The maximum Gasteiger partial charge on any atom is 0.246 e. The summed E-state index contributed by atoms with van der Waals surface area (Å²) in [7, 11) is 0. The van der Waals surface area contributed by atoms with E-state index in [2.05, 4.69) is 51.9 Å². The quantitative estimate of drug-likeness (QED) is 0.191. The SMILES string of the molecule is O=C(CCCC(=O)N[C@@H](Cc1ccccc1)C(=O)NCCCCNc1ncccn1)Nc1nnn[nH]1. The lowest BCUT2D eigenvalue weighted by Gasteiger charge is -2.19. The van der Waals surface area contributed by atoms with Crippen LogP contribution in [0, 0.1) is 0 Å². The van der Waals surface area contributed by atoms with Gasteiger partial charge in [-0.3, -0.25) is 19.7 Å². The Morgan fingerprint density at radius 1 is 0.889 bits per heavy atom. The minimum Gasteiger partial charge on any atom is -0.354 e. The molecule has 13 nitrogen and oxygen atoms in total. The number of nitrogens with one attached hydrogen (secondary N) is 5. The van der Waals surface area contributed by atoms with E-state index < -0.39 is 6.04 Å². The Hall–Kier alpha value is -4.42. The van der Waals surface area contributed by atoms with Gasteiger partial charge in [-0.1, -0.05) is 35.4 Å². The zero-order chi connectivity index (χ0) is 25.4. The van der Waals surface area contributed by atoms with Gasteiger partial charge >= 0.3 is 0 Å². The Balaban J connectivity index is 1.40. The molecule has 3 amide bonds. The Labute approximate surface area is 208 Å². The molecule has 0 saturated heterocycles. The van der Waals surface area contributed by atoms with E-state index in [1.165, 1.54) is 0 Å². The number of unbranched alkanes of at least 4 members (excludes halogenated alkanes) is 1. The van der Waals surface area contributed by atoms with Crippen LogP contribution in [0.5, 0.6) is 0 Å². The standard InChI is InChI=1S/C23H30N10O3/c34-19(10-6-11-20(35)29-23-30-32-33-31-23)28-18(16-17-8-2-1-3-9-17)21(36)24-12-4-5-13-25-22-26-14-7-15-27-22/h1-3,7-9,14-15,18H,4-6,10-13,16H2,(H,24,36)(H,28,34)(H,25,26,27)(H2,29,30,31,32,33,35)/t18-/m0/s1. The van der Waals surface area contributed by atoms with Crippen molar-refractivity contribution in [2.24, 2.45) is 0 Å². The number of hydrogen-bond acceptors (Lipinski definition) is 9. The first-order valence-corrected chi connectivity index (χ1v) is 11.8. The molecular formula is C23H30N10O3. The number of tetrazole rings is 1. The summed E-state index contributed by atoms with van der Waals surface area (Å²) >= 11 is 0. The lowest BCUT2D eigenvalue weighted by molar-refractivity contribution is -0.129. The Morgan fingerprint density at radius 2 is 1.64 bits per heavy atom. The maximum atomic E-state index is 12.8. The fourth-order valence-corrected chi connectivity index (χ4v) is 3.32. The van der Waals surface area contributed by atoms with Gasteiger partial charge in [-0.2, -0.15) is 0 Å². The van der Waals surface area contributed by atoms with Crippen molar-refractivity contribution in [3.8, 4) is 0 Å². The first-order chi connectivity index (χ1) is 17.6. The number of aromatic nitrogens is 6. The maximum absolute atomic E-state index is 12.8. The van der Waals surface area contributed by atoms with Crippen molar-refractivity contribution in [3.63, 3.8) is 0 Å². The number of carbonyl (C=O) groups is 3. The summed E-state index contributed by atoms with van der Waals surface area (Å²) < 4.78 is 0. The van der Waals surface area contributed by atoms with Gasteiger partial charge < -0.3 is 16.0 Å². The molecule has 0 aliphatic heterocycles. The van der Waals surface area contributed by atoms with E-state index >= 15 is 0 Å². The van der Waals surface area contributed by atoms with E-state index in [0.29, 0.717) is 31.9 Å². The number of H-pyrrole nitrogens is 1. The van der Waals surface area contributed by atoms with Gasteiger partial charge in [-0.25, -0.2) is 15.1 Å². The van der Waals surface area contributed by atoms with Crippen molar-refractivity contribution in [3.05, 3.63) is 54.4 Å². The third-order valence-corrected chi connectivity index (χ3v) is 5.10. The molecule has 3 aromatic rings. The highest BCUT2D eigenvalue weighted by Crippen LogP contribution is 2.06. The molecule has 13 heteroatoms. The van der Waals surface area contributed by atoms with Gasteiger partial charge in [-0.05, 0) is 41.3 Å². The van der Waals surface area contributed by atoms with Crippen LogP contribution in [-0.2, 0) is 20.8 Å². The summed E-state index contributed by atoms with van der Waals surface area (Å²) in [6.45, 7) is 1.17. The molecule has 0 bridgehead atoms. The third kappa shape index (κ3) is 9.83. The molecule has 5 N–H and O–H groups in total. The van der Waals surface area contributed by atoms with Crippen molar-refractivity contribution in [1.29, 1.82) is 0 Å². The Kier molecular flexibility index (Phi) is 10.7. The first kappa shape index (κ1) is 26.2. The average Bonchev–Trinajstić information content (AvgIpc) is 3.40. The summed E-state index contributed by atoms with van der Waals surface area (Å²) in [5, 5.41) is 24.1. The molecule has 0 aliphatic carbocycles. The van der Waals surface area contributed by atoms with E-state index in [-0.39, 0.29) is 36.5 Å². The zero-order valence-corrected chi connectivity index (χ0v) is 19.8. The average molecular weight is 495 g/mol. The molecule has 0 aliphatic rings. The summed E-state index contributed by atoms with van der Waals surface area (Å²) in [5.41, 5.74) is 0.935. The van der Waals surface area contributed by atoms with Crippen LogP contribution in [0.25, 0.3) is 0 Å². The van der Waals surface area contributed by atoms with E-state index in [4.69, 9.17) is 0 Å². The van der Waals surface area contributed by atoms with Crippen molar-refractivity contribution >= 4 is 29.6 Å². The fourth-order valence-electron chi connectivity index (χ4n) is 3.32. The van der Waals surface area contributed by atoms with Crippen LogP contribution >= 0.6 is 0 Å². The number of carbonyl (C=O) groups excluding carboxylic acids is 3. The highest BCUT2D eigenvalue weighted by molar-refractivity contribution is 5.90. The van der Waals surface area contributed by atoms with E-state index in [1.54, 1.807) is 18.5 Å². The van der Waals surface area contributed by atoms with Gasteiger partial charge in [0.15, 0.2) is 0 Å². The highest BCUT2D eigenvalue weighted by Gasteiger charge is 2.21. The van der Waals surface area contributed by atoms with Crippen LogP contribution in [0.15, 0.2) is 48.8 Å². The van der Waals surface area contributed by atoms with E-state index in [1.807, 2.05) is 30.3 Å². The Bertz CT molecular complexity index is 1060. The lowest BCUT2D eigenvalue weighted by Crippen LogP contribution is -2.48. The van der Waals surface area contributed by atoms with Crippen LogP contribution in [0.4, 0.5) is 11.9 Å². The molecule has 2 heterocycles. The van der Waals surface area contributed by atoms with Crippen molar-refractivity contribution in [2.75, 3.05) is 23.7 Å². The number of benzene rings is 1. The molecule has 0 radical (unpaired) electrons. The van der Waals surface area contributed by atoms with Gasteiger partial charge in [0.1, 0.15) is 6.04 Å². The van der Waals surface area contributed by atoms with Gasteiger partial charge in [0.05, 0.1) is 0 Å². The molecule has 0 fully saturated rings. The summed E-state index contributed by atoms with van der Waals surface area (Å²) in [5.74, 6) is -0.143. The molecule has 0 spiro atoms. The van der Waals surface area contributed by atoms with Crippen LogP contribution in [0.3, 0.4) is 0 Å². The van der Waals surface area contributed by atoms with Gasteiger partial charge in [0.25, 0.3) is 0 Å². The molecular weight excluding hydrogens is 464 g/mol. The predicted molar refractivity (Wildman–Crippen MR) is 132 cm³/mol. The van der Waals surface area contributed by atoms with Crippen molar-refractivity contribution in [2.45, 2.75) is 44.6 Å². The highest BCUT2D eigenvalue weighted by atomic mass is 16.2. The van der Waals surface area contributed by atoms with Gasteiger partial charge in [-0.15, -0.1) is 0 Å². The minimum absolute atomic E-state index is 0.105. The number of amides is 3. The Morgan fingerprint density at radius 3 is 2.39 bits per heavy atom. The normalized spacial score (nSPS) is 11.3. The number of hydrogen-bond donors (Lipinski definition) is 5.